The van der Waals surface area contributed by atoms with Crippen LogP contribution in [0.5, 0.6) is 0 Å². The molecular formula is C15H31N3O. The van der Waals surface area contributed by atoms with Gasteiger partial charge in [0.25, 0.3) is 0 Å². The monoisotopic (exact) mass is 269 g/mol. The van der Waals surface area contributed by atoms with Crippen LogP contribution in [0.25, 0.3) is 0 Å². The lowest BCUT2D eigenvalue weighted by Gasteiger charge is -2.35. The molecule has 0 aromatic rings. The molecule has 1 rings (SSSR count). The van der Waals surface area contributed by atoms with E-state index in [-0.39, 0.29) is 11.9 Å². The molecule has 0 radical (unpaired) electrons. The average Bonchev–Trinajstić information content (AvgIpc) is 2.42. The van der Waals surface area contributed by atoms with Gasteiger partial charge in [-0.1, -0.05) is 13.8 Å². The molecule has 0 spiro atoms. The zero-order valence-electron chi connectivity index (χ0n) is 13.0. The van der Waals surface area contributed by atoms with Crippen LogP contribution in [0.1, 0.15) is 40.0 Å². The van der Waals surface area contributed by atoms with Crippen LogP contribution in [-0.4, -0.2) is 50.1 Å². The Morgan fingerprint density at radius 3 is 2.42 bits per heavy atom. The number of nitrogens with one attached hydrogen (secondary N) is 2. The lowest BCUT2D eigenvalue weighted by molar-refractivity contribution is -0.126. The maximum Gasteiger partial charge on any atom is 0.237 e. The molecule has 1 saturated heterocycles. The second-order valence-corrected chi connectivity index (χ2v) is 6.19. The van der Waals surface area contributed by atoms with Crippen molar-refractivity contribution in [3.63, 3.8) is 0 Å². The first kappa shape index (κ1) is 16.4. The Kier molecular flexibility index (Phi) is 7.39. The zero-order chi connectivity index (χ0) is 14.3. The summed E-state index contributed by atoms with van der Waals surface area (Å²) in [5, 5.41) is 6.25. The van der Waals surface area contributed by atoms with Crippen LogP contribution in [-0.2, 0) is 4.79 Å². The van der Waals surface area contributed by atoms with Gasteiger partial charge in [0.05, 0.1) is 6.04 Å². The molecule has 0 bridgehead atoms. The molecular weight excluding hydrogens is 238 g/mol. The van der Waals surface area contributed by atoms with Gasteiger partial charge in [0, 0.05) is 6.54 Å². The minimum Gasteiger partial charge on any atom is -0.354 e. The van der Waals surface area contributed by atoms with E-state index in [1.165, 1.54) is 19.3 Å². The number of amides is 1. The van der Waals surface area contributed by atoms with Gasteiger partial charge < -0.3 is 10.6 Å². The van der Waals surface area contributed by atoms with Crippen LogP contribution >= 0.6 is 0 Å². The fourth-order valence-electron chi connectivity index (χ4n) is 2.60. The molecule has 2 N–H and O–H groups in total. The topological polar surface area (TPSA) is 44.4 Å². The minimum atomic E-state index is 0.0176. The highest BCUT2D eigenvalue weighted by Gasteiger charge is 2.26. The maximum atomic E-state index is 12.0. The average molecular weight is 269 g/mol. The van der Waals surface area contributed by atoms with Gasteiger partial charge in [-0.25, -0.2) is 0 Å². The lowest BCUT2D eigenvalue weighted by atomic mass is 9.93. The van der Waals surface area contributed by atoms with Crippen molar-refractivity contribution in [2.75, 3.05) is 33.2 Å². The zero-order valence-corrected chi connectivity index (χ0v) is 13.0. The van der Waals surface area contributed by atoms with Crippen molar-refractivity contribution in [3.8, 4) is 0 Å². The molecule has 19 heavy (non-hydrogen) atoms. The van der Waals surface area contributed by atoms with Gasteiger partial charge in [0.15, 0.2) is 0 Å². The first-order valence-electron chi connectivity index (χ1n) is 7.71. The quantitative estimate of drug-likeness (QED) is 0.735. The summed E-state index contributed by atoms with van der Waals surface area (Å²) < 4.78 is 0. The summed E-state index contributed by atoms with van der Waals surface area (Å²) in [5.41, 5.74) is 0. The lowest BCUT2D eigenvalue weighted by Crippen LogP contribution is -2.49. The van der Waals surface area contributed by atoms with Gasteiger partial charge in [-0.15, -0.1) is 0 Å². The second kappa shape index (κ2) is 8.54. The summed E-state index contributed by atoms with van der Waals surface area (Å²) in [7, 11) is 2.01. The van der Waals surface area contributed by atoms with Gasteiger partial charge in [-0.05, 0) is 64.7 Å². The van der Waals surface area contributed by atoms with Crippen LogP contribution in [0, 0.1) is 11.8 Å². The highest BCUT2D eigenvalue weighted by molar-refractivity contribution is 5.81. The predicted molar refractivity (Wildman–Crippen MR) is 80.2 cm³/mol. The number of hydrogen-bond donors (Lipinski definition) is 2. The number of nitrogens with zero attached hydrogens (tertiary/aromatic N) is 1. The Balaban J connectivity index is 2.27. The van der Waals surface area contributed by atoms with Crippen LogP contribution < -0.4 is 10.6 Å². The Morgan fingerprint density at radius 2 is 1.89 bits per heavy atom. The Morgan fingerprint density at radius 1 is 1.26 bits per heavy atom. The number of carbonyl (C=O) groups excluding carboxylic acids is 1. The van der Waals surface area contributed by atoms with Crippen LogP contribution in [0.2, 0.25) is 0 Å². The smallest absolute Gasteiger partial charge is 0.237 e. The molecule has 112 valence electrons. The first-order valence-corrected chi connectivity index (χ1v) is 7.71. The molecule has 1 heterocycles. The predicted octanol–water partition coefficient (Wildman–Crippen LogP) is 1.47. The van der Waals surface area contributed by atoms with E-state index in [0.717, 1.165) is 32.1 Å². The van der Waals surface area contributed by atoms with Crippen molar-refractivity contribution in [2.24, 2.45) is 11.8 Å². The first-order chi connectivity index (χ1) is 9.04. The summed E-state index contributed by atoms with van der Waals surface area (Å²) in [5.74, 6) is 1.53. The third-order valence-electron chi connectivity index (χ3n) is 4.06. The highest BCUT2D eigenvalue weighted by Crippen LogP contribution is 2.21. The molecule has 0 aromatic heterocycles. The van der Waals surface area contributed by atoms with Crippen molar-refractivity contribution in [3.05, 3.63) is 0 Å². The minimum absolute atomic E-state index is 0.0176. The van der Waals surface area contributed by atoms with E-state index < -0.39 is 0 Å². The summed E-state index contributed by atoms with van der Waals surface area (Å²) in [6.07, 6.45) is 3.71. The van der Waals surface area contributed by atoms with E-state index in [2.05, 4.69) is 29.4 Å². The Bertz CT molecular complexity index is 260. The molecule has 0 aliphatic carbocycles. The standard InChI is InChI=1S/C15H31N3O/c1-12(2)11-17-15(19)13(3)18-9-6-14(7-10-18)5-8-16-4/h12-14,16H,5-11H2,1-4H3,(H,17,19). The van der Waals surface area contributed by atoms with Crippen molar-refractivity contribution < 1.29 is 4.79 Å². The summed E-state index contributed by atoms with van der Waals surface area (Å²) in [6.45, 7) is 10.3. The van der Waals surface area contributed by atoms with Gasteiger partial charge in [0.2, 0.25) is 5.91 Å². The van der Waals surface area contributed by atoms with Crippen LogP contribution in [0.15, 0.2) is 0 Å². The summed E-state index contributed by atoms with van der Waals surface area (Å²) in [6, 6.07) is 0.0176. The second-order valence-electron chi connectivity index (χ2n) is 6.19. The normalized spacial score (nSPS) is 19.6. The molecule has 1 amide bonds. The maximum absolute atomic E-state index is 12.0. The molecule has 1 aliphatic heterocycles. The van der Waals surface area contributed by atoms with Gasteiger partial charge in [0.1, 0.15) is 0 Å². The highest BCUT2D eigenvalue weighted by atomic mass is 16.2. The molecule has 1 aliphatic rings. The number of rotatable bonds is 7. The van der Waals surface area contributed by atoms with E-state index in [1.807, 2.05) is 14.0 Å². The van der Waals surface area contributed by atoms with Gasteiger partial charge in [-0.2, -0.15) is 0 Å². The fraction of sp³-hybridized carbons (Fsp3) is 0.933. The molecule has 0 saturated carbocycles. The Hall–Kier alpha value is -0.610. The van der Waals surface area contributed by atoms with E-state index in [1.54, 1.807) is 0 Å². The molecule has 1 fully saturated rings. The van der Waals surface area contributed by atoms with Crippen LogP contribution in [0.4, 0.5) is 0 Å². The van der Waals surface area contributed by atoms with E-state index in [0.29, 0.717) is 5.92 Å². The van der Waals surface area contributed by atoms with E-state index >= 15 is 0 Å². The Labute approximate surface area is 118 Å². The number of likely N-dealkylation sites (tertiary alicyclic amines) is 1. The van der Waals surface area contributed by atoms with Crippen LogP contribution in [0.3, 0.4) is 0 Å². The molecule has 0 aromatic carbocycles. The summed E-state index contributed by atoms with van der Waals surface area (Å²) in [4.78, 5) is 14.4. The van der Waals surface area contributed by atoms with E-state index in [9.17, 15) is 4.79 Å². The largest absolute Gasteiger partial charge is 0.354 e. The van der Waals surface area contributed by atoms with Gasteiger partial charge in [-0.3, -0.25) is 9.69 Å². The SMILES string of the molecule is CNCCC1CCN(C(C)C(=O)NCC(C)C)CC1. The number of hydrogen-bond acceptors (Lipinski definition) is 3. The number of piperidine rings is 1. The van der Waals surface area contributed by atoms with Gasteiger partial charge >= 0.3 is 0 Å². The molecule has 1 atom stereocenters. The van der Waals surface area contributed by atoms with Crippen molar-refractivity contribution in [1.29, 1.82) is 0 Å². The van der Waals surface area contributed by atoms with Crippen molar-refractivity contribution in [2.45, 2.75) is 46.1 Å². The third-order valence-corrected chi connectivity index (χ3v) is 4.06. The van der Waals surface area contributed by atoms with Crippen molar-refractivity contribution >= 4 is 5.91 Å². The fourth-order valence-corrected chi connectivity index (χ4v) is 2.60. The van der Waals surface area contributed by atoms with Crippen molar-refractivity contribution in [1.82, 2.24) is 15.5 Å². The molecule has 4 heteroatoms. The molecule has 1 unspecified atom stereocenters. The summed E-state index contributed by atoms with van der Waals surface area (Å²) >= 11 is 0. The third kappa shape index (κ3) is 5.91. The van der Waals surface area contributed by atoms with E-state index in [4.69, 9.17) is 0 Å². The number of carbonyl (C=O) groups is 1. The molecule has 4 nitrogen and oxygen atoms in total.